The van der Waals surface area contributed by atoms with Gasteiger partial charge in [0.05, 0.1) is 19.1 Å². The SMILES string of the molecule is COc1cc(N)cc(OC)c1SC. The third kappa shape index (κ3) is 2.01. The van der Waals surface area contributed by atoms with Gasteiger partial charge in [0.15, 0.2) is 0 Å². The van der Waals surface area contributed by atoms with Crippen molar-refractivity contribution >= 4 is 17.4 Å². The van der Waals surface area contributed by atoms with Crippen molar-refractivity contribution in [2.75, 3.05) is 26.2 Å². The Kier molecular flexibility index (Phi) is 3.31. The fraction of sp³-hybridized carbons (Fsp3) is 0.333. The lowest BCUT2D eigenvalue weighted by Crippen LogP contribution is -1.94. The molecule has 72 valence electrons. The van der Waals surface area contributed by atoms with Gasteiger partial charge < -0.3 is 15.2 Å². The number of thioether (sulfide) groups is 1. The Morgan fingerprint density at radius 2 is 1.62 bits per heavy atom. The van der Waals surface area contributed by atoms with Gasteiger partial charge in [0.2, 0.25) is 0 Å². The van der Waals surface area contributed by atoms with Gasteiger partial charge in [-0.25, -0.2) is 0 Å². The van der Waals surface area contributed by atoms with Gasteiger partial charge in [-0.1, -0.05) is 0 Å². The first-order valence-corrected chi connectivity index (χ1v) is 5.01. The summed E-state index contributed by atoms with van der Waals surface area (Å²) in [5, 5.41) is 0. The molecule has 0 radical (unpaired) electrons. The first-order chi connectivity index (χ1) is 6.22. The number of hydrogen-bond acceptors (Lipinski definition) is 4. The molecule has 1 aromatic carbocycles. The van der Waals surface area contributed by atoms with Gasteiger partial charge in [0, 0.05) is 17.8 Å². The van der Waals surface area contributed by atoms with Gasteiger partial charge >= 0.3 is 0 Å². The summed E-state index contributed by atoms with van der Waals surface area (Å²) in [7, 11) is 3.24. The number of nitrogens with two attached hydrogens (primary N) is 1. The maximum atomic E-state index is 5.66. The molecule has 0 atom stereocenters. The molecule has 0 heterocycles. The van der Waals surface area contributed by atoms with Crippen LogP contribution in [-0.4, -0.2) is 20.5 Å². The molecule has 1 rings (SSSR count). The standard InChI is InChI=1S/C9H13NO2S/c1-11-7-4-6(10)5-8(12-2)9(7)13-3/h4-5H,10H2,1-3H3. The molecule has 0 saturated carbocycles. The fourth-order valence-electron chi connectivity index (χ4n) is 1.10. The summed E-state index contributed by atoms with van der Waals surface area (Å²) in [5.74, 6) is 1.51. The lowest BCUT2D eigenvalue weighted by Gasteiger charge is -2.11. The normalized spacial score (nSPS) is 9.77. The van der Waals surface area contributed by atoms with Crippen molar-refractivity contribution in [3.63, 3.8) is 0 Å². The third-order valence-electron chi connectivity index (χ3n) is 1.69. The monoisotopic (exact) mass is 199 g/mol. The smallest absolute Gasteiger partial charge is 0.138 e. The van der Waals surface area contributed by atoms with Crippen LogP contribution >= 0.6 is 11.8 Å². The van der Waals surface area contributed by atoms with E-state index in [9.17, 15) is 0 Å². The van der Waals surface area contributed by atoms with E-state index in [-0.39, 0.29) is 0 Å². The Labute approximate surface area is 82.2 Å². The highest BCUT2D eigenvalue weighted by atomic mass is 32.2. The average molecular weight is 199 g/mol. The number of anilines is 1. The van der Waals surface area contributed by atoms with Crippen LogP contribution in [0.5, 0.6) is 11.5 Å². The molecule has 0 fully saturated rings. The van der Waals surface area contributed by atoms with Gasteiger partial charge in [-0.15, -0.1) is 11.8 Å². The van der Waals surface area contributed by atoms with Crippen LogP contribution in [-0.2, 0) is 0 Å². The summed E-state index contributed by atoms with van der Waals surface area (Å²) < 4.78 is 10.4. The Bertz CT molecular complexity index is 277. The molecule has 0 aliphatic rings. The maximum absolute atomic E-state index is 5.66. The van der Waals surface area contributed by atoms with E-state index < -0.39 is 0 Å². The van der Waals surface area contributed by atoms with E-state index in [1.807, 2.05) is 6.26 Å². The average Bonchev–Trinajstić information content (AvgIpc) is 2.16. The highest BCUT2D eigenvalue weighted by Crippen LogP contribution is 2.38. The topological polar surface area (TPSA) is 44.5 Å². The van der Waals surface area contributed by atoms with E-state index >= 15 is 0 Å². The molecule has 0 aliphatic carbocycles. The summed E-state index contributed by atoms with van der Waals surface area (Å²) in [6.07, 6.45) is 1.97. The molecule has 0 aliphatic heterocycles. The molecule has 2 N–H and O–H groups in total. The zero-order valence-corrected chi connectivity index (χ0v) is 8.77. The van der Waals surface area contributed by atoms with Crippen LogP contribution in [0.4, 0.5) is 5.69 Å². The first-order valence-electron chi connectivity index (χ1n) is 3.78. The van der Waals surface area contributed by atoms with Crippen molar-refractivity contribution in [1.82, 2.24) is 0 Å². The molecule has 0 saturated heterocycles. The number of ether oxygens (including phenoxy) is 2. The lowest BCUT2D eigenvalue weighted by atomic mass is 10.3. The first kappa shape index (κ1) is 10.1. The summed E-state index contributed by atoms with van der Waals surface area (Å²) >= 11 is 1.57. The molecule has 0 spiro atoms. The predicted molar refractivity (Wildman–Crippen MR) is 55.7 cm³/mol. The van der Waals surface area contributed by atoms with E-state index in [1.165, 1.54) is 0 Å². The number of benzene rings is 1. The summed E-state index contributed by atoms with van der Waals surface area (Å²) in [4.78, 5) is 0.971. The molecule has 4 heteroatoms. The van der Waals surface area contributed by atoms with Gasteiger partial charge in [-0.3, -0.25) is 0 Å². The molecule has 0 unspecified atom stereocenters. The Morgan fingerprint density at radius 1 is 1.15 bits per heavy atom. The molecule has 0 amide bonds. The van der Waals surface area contributed by atoms with Crippen molar-refractivity contribution < 1.29 is 9.47 Å². The fourth-order valence-corrected chi connectivity index (χ4v) is 1.79. The second-order valence-corrected chi connectivity index (χ2v) is 3.28. The van der Waals surface area contributed by atoms with Gasteiger partial charge in [0.25, 0.3) is 0 Å². The Morgan fingerprint density at radius 3 is 1.92 bits per heavy atom. The van der Waals surface area contributed by atoms with Crippen molar-refractivity contribution in [3.8, 4) is 11.5 Å². The van der Waals surface area contributed by atoms with Gasteiger partial charge in [0.1, 0.15) is 11.5 Å². The van der Waals surface area contributed by atoms with E-state index in [2.05, 4.69) is 0 Å². The largest absolute Gasteiger partial charge is 0.495 e. The predicted octanol–water partition coefficient (Wildman–Crippen LogP) is 2.01. The Balaban J connectivity index is 3.25. The Hall–Kier alpha value is -1.03. The number of hydrogen-bond donors (Lipinski definition) is 1. The van der Waals surface area contributed by atoms with Gasteiger partial charge in [-0.05, 0) is 6.26 Å². The van der Waals surface area contributed by atoms with Crippen molar-refractivity contribution in [3.05, 3.63) is 12.1 Å². The second-order valence-electron chi connectivity index (χ2n) is 2.46. The minimum absolute atomic E-state index is 0.645. The quantitative estimate of drug-likeness (QED) is 0.597. The van der Waals surface area contributed by atoms with Crippen LogP contribution in [0.15, 0.2) is 17.0 Å². The molecule has 13 heavy (non-hydrogen) atoms. The van der Waals surface area contributed by atoms with Crippen LogP contribution in [0.1, 0.15) is 0 Å². The minimum Gasteiger partial charge on any atom is -0.495 e. The number of rotatable bonds is 3. The molecular formula is C9H13NO2S. The minimum atomic E-state index is 0.645. The maximum Gasteiger partial charge on any atom is 0.138 e. The van der Waals surface area contributed by atoms with E-state index in [0.717, 1.165) is 16.4 Å². The second kappa shape index (κ2) is 4.28. The van der Waals surface area contributed by atoms with Crippen molar-refractivity contribution in [2.24, 2.45) is 0 Å². The van der Waals surface area contributed by atoms with E-state index in [4.69, 9.17) is 15.2 Å². The highest BCUT2D eigenvalue weighted by molar-refractivity contribution is 7.98. The van der Waals surface area contributed by atoms with Crippen LogP contribution in [0.2, 0.25) is 0 Å². The zero-order valence-electron chi connectivity index (χ0n) is 7.96. The molecule has 1 aromatic rings. The third-order valence-corrected chi connectivity index (χ3v) is 2.50. The number of methoxy groups -OCH3 is 2. The zero-order chi connectivity index (χ0) is 9.84. The van der Waals surface area contributed by atoms with Gasteiger partial charge in [-0.2, -0.15) is 0 Å². The van der Waals surface area contributed by atoms with Crippen molar-refractivity contribution in [2.45, 2.75) is 4.90 Å². The summed E-state index contributed by atoms with van der Waals surface area (Å²) in [5.41, 5.74) is 6.31. The van der Waals surface area contributed by atoms with E-state index in [0.29, 0.717) is 5.69 Å². The van der Waals surface area contributed by atoms with Crippen LogP contribution in [0.25, 0.3) is 0 Å². The molecule has 3 nitrogen and oxygen atoms in total. The molecule has 0 bridgehead atoms. The van der Waals surface area contributed by atoms with Crippen LogP contribution < -0.4 is 15.2 Å². The molecule has 0 aromatic heterocycles. The van der Waals surface area contributed by atoms with Crippen molar-refractivity contribution in [1.29, 1.82) is 0 Å². The van der Waals surface area contributed by atoms with Crippen LogP contribution in [0.3, 0.4) is 0 Å². The van der Waals surface area contributed by atoms with E-state index in [1.54, 1.807) is 38.1 Å². The summed E-state index contributed by atoms with van der Waals surface area (Å²) in [6.45, 7) is 0. The summed E-state index contributed by atoms with van der Waals surface area (Å²) in [6, 6.07) is 3.57. The number of nitrogen functional groups attached to an aromatic ring is 1. The van der Waals surface area contributed by atoms with Crippen LogP contribution in [0, 0.1) is 0 Å². The highest BCUT2D eigenvalue weighted by Gasteiger charge is 2.09. The lowest BCUT2D eigenvalue weighted by molar-refractivity contribution is 0.377. The molecular weight excluding hydrogens is 186 g/mol.